The number of hydrogen-bond donors (Lipinski definition) is 0. The molecule has 0 aliphatic rings. The van der Waals surface area contributed by atoms with Gasteiger partial charge in [-0.2, -0.15) is 0 Å². The zero-order chi connectivity index (χ0) is 21.1. The smallest absolute Gasteiger partial charge is 0.247 e. The zero-order valence-electron chi connectivity index (χ0n) is 16.7. The third-order valence-electron chi connectivity index (χ3n) is 4.49. The van der Waals surface area contributed by atoms with Gasteiger partial charge in [-0.1, -0.05) is 53.2 Å². The van der Waals surface area contributed by atoms with Crippen LogP contribution in [0.1, 0.15) is 29.5 Å². The molecule has 2 aromatic heterocycles. The van der Waals surface area contributed by atoms with Crippen LogP contribution in [-0.2, 0) is 13.7 Å². The summed E-state index contributed by atoms with van der Waals surface area (Å²) in [6, 6.07) is 15.3. The van der Waals surface area contributed by atoms with Gasteiger partial charge >= 0.3 is 0 Å². The summed E-state index contributed by atoms with van der Waals surface area (Å²) in [5.74, 6) is 2.34. The third-order valence-corrected chi connectivity index (χ3v) is 5.92. The Morgan fingerprint density at radius 2 is 1.83 bits per heavy atom. The van der Waals surface area contributed by atoms with E-state index in [0.717, 1.165) is 10.7 Å². The molecule has 30 heavy (non-hydrogen) atoms. The molecule has 154 valence electrons. The van der Waals surface area contributed by atoms with E-state index in [1.165, 1.54) is 17.3 Å². The molecule has 0 N–H and O–H groups in total. The molecule has 0 bridgehead atoms. The van der Waals surface area contributed by atoms with Gasteiger partial charge in [0, 0.05) is 12.6 Å². The molecule has 0 saturated carbocycles. The van der Waals surface area contributed by atoms with Crippen LogP contribution in [0, 0.1) is 6.92 Å². The maximum Gasteiger partial charge on any atom is 0.247 e. The first-order valence-electron chi connectivity index (χ1n) is 9.34. The molecule has 0 amide bonds. The first kappa shape index (κ1) is 20.4. The largest absolute Gasteiger partial charge is 0.484 e. The molecule has 4 rings (SSSR count). The molecule has 0 aliphatic heterocycles. The molecule has 0 fully saturated rings. The average Bonchev–Trinajstić information content (AvgIpc) is 3.36. The highest BCUT2D eigenvalue weighted by atomic mass is 35.5. The molecular formula is C21H20ClN5O2S. The van der Waals surface area contributed by atoms with Crippen molar-refractivity contribution in [3.05, 3.63) is 70.8 Å². The van der Waals surface area contributed by atoms with Crippen molar-refractivity contribution in [1.29, 1.82) is 0 Å². The Balaban J connectivity index is 1.42. The van der Waals surface area contributed by atoms with Gasteiger partial charge in [0.2, 0.25) is 11.8 Å². The Morgan fingerprint density at radius 3 is 2.60 bits per heavy atom. The van der Waals surface area contributed by atoms with Crippen LogP contribution >= 0.6 is 23.4 Å². The fourth-order valence-corrected chi connectivity index (χ4v) is 3.75. The van der Waals surface area contributed by atoms with Crippen LogP contribution in [0.4, 0.5) is 0 Å². The van der Waals surface area contributed by atoms with E-state index >= 15 is 0 Å². The molecule has 0 radical (unpaired) electrons. The second-order valence-corrected chi connectivity index (χ2v) is 8.46. The second-order valence-electron chi connectivity index (χ2n) is 6.75. The van der Waals surface area contributed by atoms with Crippen LogP contribution in [0.2, 0.25) is 5.02 Å². The van der Waals surface area contributed by atoms with Crippen molar-refractivity contribution in [3.8, 4) is 17.2 Å². The number of halogens is 1. The topological polar surface area (TPSA) is 78.9 Å². The minimum Gasteiger partial charge on any atom is -0.484 e. The van der Waals surface area contributed by atoms with Gasteiger partial charge in [-0.3, -0.25) is 0 Å². The number of aryl methyl sites for hydroxylation is 1. The van der Waals surface area contributed by atoms with Gasteiger partial charge in [0.15, 0.2) is 11.0 Å². The minimum absolute atomic E-state index is 0.0862. The average molecular weight is 442 g/mol. The van der Waals surface area contributed by atoms with Crippen LogP contribution in [0.25, 0.3) is 11.5 Å². The van der Waals surface area contributed by atoms with Gasteiger partial charge in [0.1, 0.15) is 12.4 Å². The second kappa shape index (κ2) is 8.89. The van der Waals surface area contributed by atoms with Crippen molar-refractivity contribution in [3.63, 3.8) is 0 Å². The number of benzene rings is 2. The Hall–Kier alpha value is -2.84. The quantitative estimate of drug-likeness (QED) is 0.362. The number of para-hydroxylation sites is 1. The van der Waals surface area contributed by atoms with E-state index in [4.69, 9.17) is 20.8 Å². The highest BCUT2D eigenvalue weighted by molar-refractivity contribution is 7.99. The van der Waals surface area contributed by atoms with Gasteiger partial charge in [-0.25, -0.2) is 0 Å². The Morgan fingerprint density at radius 1 is 1.07 bits per heavy atom. The van der Waals surface area contributed by atoms with E-state index in [9.17, 15) is 0 Å². The van der Waals surface area contributed by atoms with E-state index < -0.39 is 0 Å². The van der Waals surface area contributed by atoms with Gasteiger partial charge in [0.25, 0.3) is 0 Å². The zero-order valence-corrected chi connectivity index (χ0v) is 18.3. The van der Waals surface area contributed by atoms with E-state index in [0.29, 0.717) is 28.4 Å². The number of hydrogen-bond acceptors (Lipinski definition) is 7. The summed E-state index contributed by atoms with van der Waals surface area (Å²) in [6.07, 6.45) is 0. The van der Waals surface area contributed by atoms with Gasteiger partial charge in [0.05, 0.1) is 10.3 Å². The monoisotopic (exact) mass is 441 g/mol. The minimum atomic E-state index is -0.0862. The Bertz CT molecular complexity index is 1140. The Labute approximate surface area is 183 Å². The number of nitrogens with zero attached hydrogens (tertiary/aromatic N) is 5. The molecule has 0 saturated heterocycles. The highest BCUT2D eigenvalue weighted by Crippen LogP contribution is 2.34. The maximum absolute atomic E-state index is 6.13. The number of aromatic nitrogens is 5. The lowest BCUT2D eigenvalue weighted by molar-refractivity contribution is 0.290. The van der Waals surface area contributed by atoms with Gasteiger partial charge in [-0.15, -0.1) is 20.4 Å². The third kappa shape index (κ3) is 4.49. The van der Waals surface area contributed by atoms with Crippen LogP contribution in [0.5, 0.6) is 5.75 Å². The standard InChI is InChI=1S/C21H20ClN5O2S/c1-13-8-10-15(11-9-13)20-25-24-19(29-20)14(2)30-21-26-23-18(27(21)3)12-28-17-7-5-4-6-16(17)22/h4-11,14H,12H2,1-3H3. The van der Waals surface area contributed by atoms with Crippen molar-refractivity contribution >= 4 is 23.4 Å². The molecule has 1 unspecified atom stereocenters. The normalized spacial score (nSPS) is 12.1. The lowest BCUT2D eigenvalue weighted by Gasteiger charge is -2.09. The lowest BCUT2D eigenvalue weighted by Crippen LogP contribution is -2.04. The maximum atomic E-state index is 6.13. The van der Waals surface area contributed by atoms with Crippen molar-refractivity contribution in [2.75, 3.05) is 0 Å². The first-order valence-corrected chi connectivity index (χ1v) is 10.6. The van der Waals surface area contributed by atoms with Crippen LogP contribution in [-0.4, -0.2) is 25.0 Å². The summed E-state index contributed by atoms with van der Waals surface area (Å²) >= 11 is 7.62. The van der Waals surface area contributed by atoms with Crippen molar-refractivity contribution in [2.24, 2.45) is 7.05 Å². The van der Waals surface area contributed by atoms with E-state index in [2.05, 4.69) is 20.4 Å². The van der Waals surface area contributed by atoms with E-state index in [-0.39, 0.29) is 11.9 Å². The number of rotatable bonds is 7. The summed E-state index contributed by atoms with van der Waals surface area (Å²) in [6.45, 7) is 4.29. The molecule has 9 heteroatoms. The van der Waals surface area contributed by atoms with E-state index in [1.54, 1.807) is 6.07 Å². The van der Waals surface area contributed by atoms with Crippen LogP contribution in [0.15, 0.2) is 58.1 Å². The first-order chi connectivity index (χ1) is 14.5. The van der Waals surface area contributed by atoms with E-state index in [1.807, 2.05) is 67.9 Å². The summed E-state index contributed by atoms with van der Waals surface area (Å²) in [7, 11) is 1.89. The van der Waals surface area contributed by atoms with Crippen molar-refractivity contribution in [2.45, 2.75) is 30.9 Å². The lowest BCUT2D eigenvalue weighted by atomic mass is 10.1. The molecular weight excluding hydrogens is 422 g/mol. The molecule has 0 spiro atoms. The van der Waals surface area contributed by atoms with Crippen molar-refractivity contribution in [1.82, 2.24) is 25.0 Å². The molecule has 2 aromatic carbocycles. The van der Waals surface area contributed by atoms with Crippen LogP contribution in [0.3, 0.4) is 0 Å². The SMILES string of the molecule is Cc1ccc(-c2nnc(C(C)Sc3nnc(COc4ccccc4Cl)n3C)o2)cc1. The Kier molecular flexibility index (Phi) is 6.06. The summed E-state index contributed by atoms with van der Waals surface area (Å²) < 4.78 is 13.5. The molecule has 1 atom stereocenters. The number of thioether (sulfide) groups is 1. The predicted octanol–water partition coefficient (Wildman–Crippen LogP) is 5.26. The summed E-state index contributed by atoms with van der Waals surface area (Å²) in [5, 5.41) is 18.1. The molecule has 2 heterocycles. The summed E-state index contributed by atoms with van der Waals surface area (Å²) in [5.41, 5.74) is 2.08. The van der Waals surface area contributed by atoms with Crippen molar-refractivity contribution < 1.29 is 9.15 Å². The van der Waals surface area contributed by atoms with Crippen LogP contribution < -0.4 is 4.74 Å². The molecule has 0 aliphatic carbocycles. The highest BCUT2D eigenvalue weighted by Gasteiger charge is 2.20. The van der Waals surface area contributed by atoms with Gasteiger partial charge < -0.3 is 13.7 Å². The van der Waals surface area contributed by atoms with Gasteiger partial charge in [-0.05, 0) is 38.1 Å². The fourth-order valence-electron chi connectivity index (χ4n) is 2.70. The number of ether oxygens (including phenoxy) is 1. The molecule has 4 aromatic rings. The molecule has 7 nitrogen and oxygen atoms in total. The summed E-state index contributed by atoms with van der Waals surface area (Å²) in [4.78, 5) is 0. The fraction of sp³-hybridized carbons (Fsp3) is 0.238. The predicted molar refractivity (Wildman–Crippen MR) is 116 cm³/mol.